The van der Waals surface area contributed by atoms with Crippen molar-refractivity contribution in [1.29, 1.82) is 0 Å². The molecule has 0 radical (unpaired) electrons. The van der Waals surface area contributed by atoms with Crippen molar-refractivity contribution in [3.05, 3.63) is 237 Å². The zero-order chi connectivity index (χ0) is 39.8. The van der Waals surface area contributed by atoms with Crippen molar-refractivity contribution in [2.75, 3.05) is 4.90 Å². The summed E-state index contributed by atoms with van der Waals surface area (Å²) in [6.45, 7) is 0. The SMILES string of the molecule is c1ccc(-c2ccc(-c3ccc(N(c4ccc(-c5ccc(-c6ccccc6)cc5)cc4)c4ccc(-c5cccc6c5sc5c7ccccc7ccc65)cc4)cc3)cc2)cc1. The molecule has 0 bridgehead atoms. The molecule has 0 aliphatic rings. The number of hydrogen-bond acceptors (Lipinski definition) is 2. The predicted molar refractivity (Wildman–Crippen MR) is 259 cm³/mol. The first-order valence-corrected chi connectivity index (χ1v) is 21.3. The van der Waals surface area contributed by atoms with Crippen LogP contribution in [0.1, 0.15) is 0 Å². The van der Waals surface area contributed by atoms with Crippen molar-refractivity contribution in [2.24, 2.45) is 0 Å². The van der Waals surface area contributed by atoms with Gasteiger partial charge in [0.05, 0.1) is 0 Å². The largest absolute Gasteiger partial charge is 0.311 e. The number of thiophene rings is 1. The third-order valence-corrected chi connectivity index (χ3v) is 13.0. The molecule has 11 aromatic rings. The summed E-state index contributed by atoms with van der Waals surface area (Å²) in [5, 5.41) is 5.24. The molecule has 11 rings (SSSR count). The van der Waals surface area contributed by atoms with E-state index in [0.717, 1.165) is 17.1 Å². The highest BCUT2D eigenvalue weighted by atomic mass is 32.1. The van der Waals surface area contributed by atoms with Gasteiger partial charge in [0.25, 0.3) is 0 Å². The average Bonchev–Trinajstić information content (AvgIpc) is 3.73. The van der Waals surface area contributed by atoms with Crippen LogP contribution in [0.3, 0.4) is 0 Å². The van der Waals surface area contributed by atoms with Crippen LogP contribution in [-0.2, 0) is 0 Å². The molecular weight excluding hydrogens is 743 g/mol. The molecule has 1 heterocycles. The van der Waals surface area contributed by atoms with Crippen LogP contribution < -0.4 is 4.90 Å². The first-order valence-electron chi connectivity index (χ1n) is 20.5. The summed E-state index contributed by atoms with van der Waals surface area (Å²) in [7, 11) is 0. The van der Waals surface area contributed by atoms with Gasteiger partial charge in [0.2, 0.25) is 0 Å². The Labute approximate surface area is 354 Å². The zero-order valence-corrected chi connectivity index (χ0v) is 33.7. The lowest BCUT2D eigenvalue weighted by Gasteiger charge is -2.26. The number of benzene rings is 10. The van der Waals surface area contributed by atoms with E-state index in [1.165, 1.54) is 86.6 Å². The molecule has 2 heteroatoms. The maximum absolute atomic E-state index is 2.36. The van der Waals surface area contributed by atoms with Crippen molar-refractivity contribution in [3.63, 3.8) is 0 Å². The van der Waals surface area contributed by atoms with Gasteiger partial charge in [-0.2, -0.15) is 0 Å². The normalized spacial score (nSPS) is 11.3. The van der Waals surface area contributed by atoms with Crippen molar-refractivity contribution >= 4 is 59.3 Å². The van der Waals surface area contributed by atoms with E-state index in [9.17, 15) is 0 Å². The van der Waals surface area contributed by atoms with Crippen LogP contribution in [0.2, 0.25) is 0 Å². The Kier molecular flexibility index (Phi) is 9.11. The van der Waals surface area contributed by atoms with Gasteiger partial charge >= 0.3 is 0 Å². The Bertz CT molecular complexity index is 3110. The Morgan fingerprint density at radius 2 is 0.600 bits per heavy atom. The van der Waals surface area contributed by atoms with Crippen molar-refractivity contribution in [3.8, 4) is 55.6 Å². The fourth-order valence-electron chi connectivity index (χ4n) is 8.57. The molecule has 1 aromatic heterocycles. The molecule has 0 saturated heterocycles. The second kappa shape index (κ2) is 15.3. The van der Waals surface area contributed by atoms with Gasteiger partial charge < -0.3 is 4.90 Å². The van der Waals surface area contributed by atoms with Crippen LogP contribution in [-0.4, -0.2) is 0 Å². The van der Waals surface area contributed by atoms with Gasteiger partial charge in [-0.1, -0.05) is 200 Å². The fraction of sp³-hybridized carbons (Fsp3) is 0. The average molecular weight is 782 g/mol. The Morgan fingerprint density at radius 1 is 0.233 bits per heavy atom. The molecule has 282 valence electrons. The lowest BCUT2D eigenvalue weighted by Crippen LogP contribution is -2.09. The number of fused-ring (bicyclic) bond motifs is 5. The molecule has 0 spiro atoms. The third kappa shape index (κ3) is 6.63. The minimum absolute atomic E-state index is 1.10. The summed E-state index contributed by atoms with van der Waals surface area (Å²) in [4.78, 5) is 2.36. The standard InChI is InChI=1S/C58H39NS/c1-3-10-40(11-4-1)42-18-22-44(23-19-42)46-26-33-50(34-27-46)59(51-35-28-47(29-36-51)45-24-20-43(21-25-45)41-12-5-2-6-13-41)52-37-30-49(31-38-52)54-16-9-17-55-56-39-32-48-14-7-8-15-53(48)58(56)60-57(54)55/h1-39H. The van der Waals surface area contributed by atoms with E-state index >= 15 is 0 Å². The smallest absolute Gasteiger partial charge is 0.0462 e. The van der Waals surface area contributed by atoms with Crippen LogP contribution in [0.5, 0.6) is 0 Å². The van der Waals surface area contributed by atoms with Gasteiger partial charge in [-0.15, -0.1) is 11.3 Å². The molecule has 0 N–H and O–H groups in total. The number of anilines is 3. The number of rotatable bonds is 8. The van der Waals surface area contributed by atoms with Gasteiger partial charge in [0.15, 0.2) is 0 Å². The van der Waals surface area contributed by atoms with E-state index in [2.05, 4.69) is 241 Å². The minimum Gasteiger partial charge on any atom is -0.311 e. The third-order valence-electron chi connectivity index (χ3n) is 11.7. The molecule has 60 heavy (non-hydrogen) atoms. The summed E-state index contributed by atoms with van der Waals surface area (Å²) >= 11 is 1.90. The maximum Gasteiger partial charge on any atom is 0.0462 e. The highest BCUT2D eigenvalue weighted by Gasteiger charge is 2.16. The first kappa shape index (κ1) is 35.6. The molecule has 1 nitrogen and oxygen atoms in total. The summed E-state index contributed by atoms with van der Waals surface area (Å²) in [6.07, 6.45) is 0. The molecule has 10 aromatic carbocycles. The Balaban J connectivity index is 0.946. The predicted octanol–water partition coefficient (Wildman–Crippen LogP) is 17.0. The molecule has 0 saturated carbocycles. The van der Waals surface area contributed by atoms with Crippen LogP contribution in [0.15, 0.2) is 237 Å². The van der Waals surface area contributed by atoms with Gasteiger partial charge in [-0.25, -0.2) is 0 Å². The van der Waals surface area contributed by atoms with E-state index in [0.29, 0.717) is 0 Å². The highest BCUT2D eigenvalue weighted by Crippen LogP contribution is 2.44. The summed E-state index contributed by atoms with van der Waals surface area (Å²) in [5.41, 5.74) is 15.5. The van der Waals surface area contributed by atoms with Crippen molar-refractivity contribution in [1.82, 2.24) is 0 Å². The number of hydrogen-bond donors (Lipinski definition) is 0. The highest BCUT2D eigenvalue weighted by molar-refractivity contribution is 7.27. The second-order valence-corrected chi connectivity index (χ2v) is 16.3. The zero-order valence-electron chi connectivity index (χ0n) is 32.9. The molecule has 0 fully saturated rings. The van der Waals surface area contributed by atoms with E-state index < -0.39 is 0 Å². The number of nitrogens with zero attached hydrogens (tertiary/aromatic N) is 1. The second-order valence-electron chi connectivity index (χ2n) is 15.3. The van der Waals surface area contributed by atoms with Crippen molar-refractivity contribution < 1.29 is 0 Å². The summed E-state index contributed by atoms with van der Waals surface area (Å²) in [5.74, 6) is 0. The molecule has 0 amide bonds. The maximum atomic E-state index is 2.36. The van der Waals surface area contributed by atoms with E-state index in [1.54, 1.807) is 0 Å². The molecular formula is C58H39NS. The molecule has 0 aliphatic carbocycles. The minimum atomic E-state index is 1.10. The molecule has 0 aliphatic heterocycles. The van der Waals surface area contributed by atoms with Crippen LogP contribution >= 0.6 is 11.3 Å². The van der Waals surface area contributed by atoms with E-state index in [1.807, 2.05) is 11.3 Å². The van der Waals surface area contributed by atoms with Crippen LogP contribution in [0.4, 0.5) is 17.1 Å². The van der Waals surface area contributed by atoms with Crippen LogP contribution in [0.25, 0.3) is 86.6 Å². The van der Waals surface area contributed by atoms with Gasteiger partial charge in [0, 0.05) is 37.2 Å². The Morgan fingerprint density at radius 3 is 1.08 bits per heavy atom. The molecule has 0 unspecified atom stereocenters. The van der Waals surface area contributed by atoms with Crippen molar-refractivity contribution in [2.45, 2.75) is 0 Å². The topological polar surface area (TPSA) is 3.24 Å². The van der Waals surface area contributed by atoms with E-state index in [-0.39, 0.29) is 0 Å². The monoisotopic (exact) mass is 781 g/mol. The fourth-order valence-corrected chi connectivity index (χ4v) is 9.94. The lowest BCUT2D eigenvalue weighted by atomic mass is 9.99. The van der Waals surface area contributed by atoms with Crippen LogP contribution in [0, 0.1) is 0 Å². The quantitative estimate of drug-likeness (QED) is 0.148. The lowest BCUT2D eigenvalue weighted by molar-refractivity contribution is 1.28. The summed E-state index contributed by atoms with van der Waals surface area (Å²) < 4.78 is 2.68. The van der Waals surface area contributed by atoms with Gasteiger partial charge in [-0.3, -0.25) is 0 Å². The van der Waals surface area contributed by atoms with E-state index in [4.69, 9.17) is 0 Å². The van der Waals surface area contributed by atoms with Gasteiger partial charge in [0.1, 0.15) is 0 Å². The van der Waals surface area contributed by atoms with Gasteiger partial charge in [-0.05, 0) is 103 Å². The first-order chi connectivity index (χ1) is 29.7. The Hall–Kier alpha value is -7.52. The molecule has 0 atom stereocenters. The summed E-state index contributed by atoms with van der Waals surface area (Å²) in [6, 6.07) is 85.9.